The summed E-state index contributed by atoms with van der Waals surface area (Å²) < 4.78 is 11.1. The molecular weight excluding hydrogens is 298 g/mol. The second-order valence-corrected chi connectivity index (χ2v) is 5.83. The fourth-order valence-corrected chi connectivity index (χ4v) is 2.39. The van der Waals surface area contributed by atoms with Gasteiger partial charge >= 0.3 is 0 Å². The summed E-state index contributed by atoms with van der Waals surface area (Å²) in [5, 5.41) is 3.92. The molecule has 4 heteroatoms. The largest absolute Gasteiger partial charge is 0.495 e. The van der Waals surface area contributed by atoms with Gasteiger partial charge in [0.05, 0.1) is 18.7 Å². The second kappa shape index (κ2) is 7.41. The number of halogens is 1. The van der Waals surface area contributed by atoms with Crippen molar-refractivity contribution in [2.45, 2.75) is 26.9 Å². The number of aryl methyl sites for hydroxylation is 2. The summed E-state index contributed by atoms with van der Waals surface area (Å²) in [7, 11) is 1.61. The summed E-state index contributed by atoms with van der Waals surface area (Å²) in [5.74, 6) is 1.61. The summed E-state index contributed by atoms with van der Waals surface area (Å²) in [5.41, 5.74) is 3.29. The van der Waals surface area contributed by atoms with Crippen LogP contribution < -0.4 is 14.8 Å². The van der Waals surface area contributed by atoms with Crippen LogP contribution >= 0.6 is 11.6 Å². The van der Waals surface area contributed by atoms with E-state index < -0.39 is 0 Å². The zero-order valence-corrected chi connectivity index (χ0v) is 14.2. The summed E-state index contributed by atoms with van der Waals surface area (Å²) in [6.45, 7) is 6.85. The van der Waals surface area contributed by atoms with Crippen molar-refractivity contribution in [3.8, 4) is 11.5 Å². The van der Waals surface area contributed by atoms with Gasteiger partial charge in [0.1, 0.15) is 17.6 Å². The molecule has 0 bridgehead atoms. The van der Waals surface area contributed by atoms with Crippen LogP contribution in [0, 0.1) is 13.8 Å². The van der Waals surface area contributed by atoms with Crippen molar-refractivity contribution in [3.63, 3.8) is 0 Å². The van der Waals surface area contributed by atoms with E-state index in [2.05, 4.69) is 37.4 Å². The maximum Gasteiger partial charge on any atom is 0.137 e. The Hall–Kier alpha value is -1.87. The van der Waals surface area contributed by atoms with Gasteiger partial charge in [-0.2, -0.15) is 0 Å². The predicted molar refractivity (Wildman–Crippen MR) is 92.5 cm³/mol. The highest BCUT2D eigenvalue weighted by atomic mass is 35.5. The Morgan fingerprint density at radius 2 is 1.86 bits per heavy atom. The molecule has 1 atom stereocenters. The quantitative estimate of drug-likeness (QED) is 0.826. The maximum atomic E-state index is 6.12. The molecule has 0 saturated carbocycles. The fraction of sp³-hybridized carbons (Fsp3) is 0.333. The third-order valence-electron chi connectivity index (χ3n) is 3.42. The molecule has 118 valence electrons. The SMILES string of the molecule is COc1ccc(NCC(C)Oc2cc(C)ccc2C)cc1Cl. The Kier molecular flexibility index (Phi) is 5.56. The number of nitrogens with one attached hydrogen (secondary N) is 1. The average Bonchev–Trinajstić information content (AvgIpc) is 2.49. The zero-order valence-electron chi connectivity index (χ0n) is 13.4. The van der Waals surface area contributed by atoms with Crippen LogP contribution in [0.5, 0.6) is 11.5 Å². The highest BCUT2D eigenvalue weighted by Gasteiger charge is 2.08. The molecule has 3 nitrogen and oxygen atoms in total. The lowest BCUT2D eigenvalue weighted by Gasteiger charge is -2.18. The van der Waals surface area contributed by atoms with Crippen LogP contribution in [0.4, 0.5) is 5.69 Å². The number of hydrogen-bond donors (Lipinski definition) is 1. The van der Waals surface area contributed by atoms with Crippen LogP contribution in [0.3, 0.4) is 0 Å². The van der Waals surface area contributed by atoms with Crippen molar-refractivity contribution in [2.24, 2.45) is 0 Å². The Morgan fingerprint density at radius 3 is 2.55 bits per heavy atom. The van der Waals surface area contributed by atoms with Gasteiger partial charge in [-0.15, -0.1) is 0 Å². The average molecular weight is 320 g/mol. The van der Waals surface area contributed by atoms with Crippen molar-refractivity contribution < 1.29 is 9.47 Å². The fourth-order valence-electron chi connectivity index (χ4n) is 2.13. The molecular formula is C18H22ClNO2. The molecule has 22 heavy (non-hydrogen) atoms. The smallest absolute Gasteiger partial charge is 0.137 e. The van der Waals surface area contributed by atoms with Crippen molar-refractivity contribution in [1.82, 2.24) is 0 Å². The molecule has 1 unspecified atom stereocenters. The molecule has 2 rings (SSSR count). The number of ether oxygens (including phenoxy) is 2. The molecule has 0 aliphatic heterocycles. The Bertz CT molecular complexity index is 643. The van der Waals surface area contributed by atoms with E-state index in [9.17, 15) is 0 Å². The van der Waals surface area contributed by atoms with E-state index in [-0.39, 0.29) is 6.10 Å². The molecule has 0 fully saturated rings. The van der Waals surface area contributed by atoms with E-state index in [1.807, 2.05) is 25.1 Å². The minimum Gasteiger partial charge on any atom is -0.495 e. The van der Waals surface area contributed by atoms with Crippen LogP contribution in [0.25, 0.3) is 0 Å². The first-order chi connectivity index (χ1) is 10.5. The molecule has 0 amide bonds. The lowest BCUT2D eigenvalue weighted by molar-refractivity contribution is 0.233. The van der Waals surface area contributed by atoms with E-state index in [0.29, 0.717) is 17.3 Å². The zero-order chi connectivity index (χ0) is 16.1. The van der Waals surface area contributed by atoms with Crippen molar-refractivity contribution in [2.75, 3.05) is 19.0 Å². The van der Waals surface area contributed by atoms with Gasteiger partial charge < -0.3 is 14.8 Å². The predicted octanol–water partition coefficient (Wildman–Crippen LogP) is 4.84. The first kappa shape index (κ1) is 16.5. The topological polar surface area (TPSA) is 30.5 Å². The lowest BCUT2D eigenvalue weighted by Crippen LogP contribution is -2.23. The number of benzene rings is 2. The minimum atomic E-state index is 0.0429. The van der Waals surface area contributed by atoms with Gasteiger partial charge in [-0.25, -0.2) is 0 Å². The maximum absolute atomic E-state index is 6.12. The normalized spacial score (nSPS) is 11.9. The summed E-state index contributed by atoms with van der Waals surface area (Å²) >= 11 is 6.12. The van der Waals surface area contributed by atoms with E-state index >= 15 is 0 Å². The first-order valence-corrected chi connectivity index (χ1v) is 7.68. The van der Waals surface area contributed by atoms with Gasteiger partial charge in [-0.05, 0) is 56.2 Å². The van der Waals surface area contributed by atoms with E-state index in [0.717, 1.165) is 17.0 Å². The van der Waals surface area contributed by atoms with Crippen LogP contribution in [-0.2, 0) is 0 Å². The molecule has 0 aromatic heterocycles. The molecule has 0 aliphatic rings. The van der Waals surface area contributed by atoms with E-state index in [4.69, 9.17) is 21.1 Å². The molecule has 0 saturated heterocycles. The highest BCUT2D eigenvalue weighted by Crippen LogP contribution is 2.27. The second-order valence-electron chi connectivity index (χ2n) is 5.43. The number of rotatable bonds is 6. The van der Waals surface area contributed by atoms with Gasteiger partial charge in [-0.3, -0.25) is 0 Å². The molecule has 1 N–H and O–H groups in total. The van der Waals surface area contributed by atoms with Gasteiger partial charge in [0, 0.05) is 5.69 Å². The van der Waals surface area contributed by atoms with Gasteiger partial charge in [-0.1, -0.05) is 23.7 Å². The number of anilines is 1. The highest BCUT2D eigenvalue weighted by molar-refractivity contribution is 6.32. The van der Waals surface area contributed by atoms with E-state index in [1.54, 1.807) is 7.11 Å². The number of hydrogen-bond acceptors (Lipinski definition) is 3. The molecule has 2 aromatic carbocycles. The van der Waals surface area contributed by atoms with Crippen molar-refractivity contribution in [3.05, 3.63) is 52.5 Å². The summed E-state index contributed by atoms with van der Waals surface area (Å²) in [6, 6.07) is 11.9. The molecule has 0 aliphatic carbocycles. The Balaban J connectivity index is 1.94. The molecule has 0 radical (unpaired) electrons. The van der Waals surface area contributed by atoms with Crippen LogP contribution in [-0.4, -0.2) is 19.8 Å². The lowest BCUT2D eigenvalue weighted by atomic mass is 10.1. The Morgan fingerprint density at radius 1 is 1.09 bits per heavy atom. The molecule has 0 heterocycles. The third-order valence-corrected chi connectivity index (χ3v) is 3.71. The molecule has 0 spiro atoms. The van der Waals surface area contributed by atoms with Gasteiger partial charge in [0.15, 0.2) is 0 Å². The van der Waals surface area contributed by atoms with E-state index in [1.165, 1.54) is 5.56 Å². The minimum absolute atomic E-state index is 0.0429. The van der Waals surface area contributed by atoms with Crippen molar-refractivity contribution in [1.29, 1.82) is 0 Å². The van der Waals surface area contributed by atoms with Crippen LogP contribution in [0.1, 0.15) is 18.1 Å². The standard InChI is InChI=1S/C18H22ClNO2/c1-12-5-6-13(2)18(9-12)22-14(3)11-20-15-7-8-17(21-4)16(19)10-15/h5-10,14,20H,11H2,1-4H3. The monoisotopic (exact) mass is 319 g/mol. The van der Waals surface area contributed by atoms with Crippen LogP contribution in [0.2, 0.25) is 5.02 Å². The third kappa shape index (κ3) is 4.31. The van der Waals surface area contributed by atoms with Crippen molar-refractivity contribution >= 4 is 17.3 Å². The van der Waals surface area contributed by atoms with Gasteiger partial charge in [0.2, 0.25) is 0 Å². The number of methoxy groups -OCH3 is 1. The molecule has 2 aromatic rings. The first-order valence-electron chi connectivity index (χ1n) is 7.31. The summed E-state index contributed by atoms with van der Waals surface area (Å²) in [4.78, 5) is 0. The van der Waals surface area contributed by atoms with Gasteiger partial charge in [0.25, 0.3) is 0 Å². The Labute approximate surface area is 137 Å². The van der Waals surface area contributed by atoms with Crippen LogP contribution in [0.15, 0.2) is 36.4 Å². The summed E-state index contributed by atoms with van der Waals surface area (Å²) in [6.07, 6.45) is 0.0429.